The molecule has 0 radical (unpaired) electrons. The molecule has 0 unspecified atom stereocenters. The van der Waals surface area contributed by atoms with Crippen LogP contribution in [-0.4, -0.2) is 19.5 Å². The quantitative estimate of drug-likeness (QED) is 0.173. The Hall–Kier alpha value is -6.86. The Labute approximate surface area is 309 Å². The highest BCUT2D eigenvalue weighted by molar-refractivity contribution is 6.11. The van der Waals surface area contributed by atoms with Gasteiger partial charge in [0.2, 0.25) is 0 Å². The topological polar surface area (TPSA) is 43.6 Å². The maximum atomic E-state index is 13.9. The summed E-state index contributed by atoms with van der Waals surface area (Å²) in [7, 11) is 0. The highest BCUT2D eigenvalue weighted by Crippen LogP contribution is 2.40. The molecule has 2 aromatic heterocycles. The highest BCUT2D eigenvalue weighted by Gasteiger charge is 2.30. The van der Waals surface area contributed by atoms with Crippen LogP contribution in [0.15, 0.2) is 170 Å². The second-order valence-corrected chi connectivity index (χ2v) is 13.3. The van der Waals surface area contributed by atoms with E-state index in [4.69, 9.17) is 15.0 Å². The van der Waals surface area contributed by atoms with Gasteiger partial charge in [0.05, 0.1) is 22.3 Å². The van der Waals surface area contributed by atoms with E-state index < -0.39 is 11.7 Å². The number of rotatable bonds is 6. The molecule has 0 aliphatic carbocycles. The number of alkyl halides is 3. The van der Waals surface area contributed by atoms with Crippen LogP contribution in [0.4, 0.5) is 13.2 Å². The summed E-state index contributed by atoms with van der Waals surface area (Å²) in [4.78, 5) is 15.0. The van der Waals surface area contributed by atoms with E-state index in [1.165, 1.54) is 17.7 Å². The fourth-order valence-electron chi connectivity index (χ4n) is 7.05. The van der Waals surface area contributed by atoms with Crippen molar-refractivity contribution in [2.45, 2.75) is 13.1 Å². The van der Waals surface area contributed by atoms with Gasteiger partial charge >= 0.3 is 6.18 Å². The molecule has 7 aromatic carbocycles. The minimum Gasteiger partial charge on any atom is -0.308 e. The van der Waals surface area contributed by atoms with E-state index in [0.717, 1.165) is 55.8 Å². The molecule has 54 heavy (non-hydrogen) atoms. The molecule has 9 rings (SSSR count). The van der Waals surface area contributed by atoms with Crippen LogP contribution in [-0.2, 0) is 6.18 Å². The first-order valence-corrected chi connectivity index (χ1v) is 17.6. The van der Waals surface area contributed by atoms with Crippen LogP contribution in [0.1, 0.15) is 11.1 Å². The molecule has 0 aliphatic rings. The summed E-state index contributed by atoms with van der Waals surface area (Å²) in [5, 5.41) is 2.09. The predicted molar refractivity (Wildman–Crippen MR) is 211 cm³/mol. The first-order valence-electron chi connectivity index (χ1n) is 17.6. The molecule has 4 nitrogen and oxygen atoms in total. The van der Waals surface area contributed by atoms with Gasteiger partial charge in [-0.2, -0.15) is 13.2 Å². The zero-order valence-electron chi connectivity index (χ0n) is 29.1. The lowest BCUT2D eigenvalue weighted by Gasteiger charge is -2.17. The summed E-state index contributed by atoms with van der Waals surface area (Å²) in [6.07, 6.45) is -4.48. The fourth-order valence-corrected chi connectivity index (χ4v) is 7.05. The van der Waals surface area contributed by atoms with Crippen molar-refractivity contribution in [3.63, 3.8) is 0 Å². The smallest absolute Gasteiger partial charge is 0.308 e. The summed E-state index contributed by atoms with van der Waals surface area (Å²) in [6, 6.07) is 53.8. The van der Waals surface area contributed by atoms with Crippen LogP contribution >= 0.6 is 0 Å². The number of benzene rings is 7. The van der Waals surface area contributed by atoms with Gasteiger partial charge in [0.25, 0.3) is 0 Å². The van der Waals surface area contributed by atoms with Crippen LogP contribution in [0, 0.1) is 6.92 Å². The number of aryl methyl sites for hydroxylation is 1. The van der Waals surface area contributed by atoms with Crippen molar-refractivity contribution >= 4 is 21.8 Å². The zero-order valence-corrected chi connectivity index (χ0v) is 29.1. The van der Waals surface area contributed by atoms with Gasteiger partial charge in [0, 0.05) is 27.5 Å². The van der Waals surface area contributed by atoms with Gasteiger partial charge in [-0.05, 0) is 71.6 Å². The van der Waals surface area contributed by atoms with Crippen molar-refractivity contribution < 1.29 is 13.2 Å². The minimum atomic E-state index is -4.48. The van der Waals surface area contributed by atoms with E-state index in [2.05, 4.69) is 66.1 Å². The van der Waals surface area contributed by atoms with Crippen LogP contribution in [0.2, 0.25) is 0 Å². The Morgan fingerprint density at radius 3 is 1.65 bits per heavy atom. The fraction of sp³-hybridized carbons (Fsp3) is 0.0426. The van der Waals surface area contributed by atoms with Gasteiger partial charge < -0.3 is 4.57 Å². The number of para-hydroxylation sites is 1. The third kappa shape index (κ3) is 6.09. The molecular formula is C47H31F3N4. The normalized spacial score (nSPS) is 11.7. The molecule has 0 saturated heterocycles. The standard InChI is InChI=1S/C47H31F3N4/c1-30-19-21-31(22-20-30)35-24-26-42-40(28-35)38-17-8-9-18-41(38)54(42)43-29-36(34-15-10-16-37(27-34)47(48,49)50)23-25-39(43)46-52-44(32-11-4-2-5-12-32)51-45(53-46)33-13-6-3-7-14-33/h2-29H,1H3. The number of hydrogen-bond acceptors (Lipinski definition) is 3. The lowest BCUT2D eigenvalue weighted by molar-refractivity contribution is -0.137. The summed E-state index contributed by atoms with van der Waals surface area (Å²) < 4.78 is 43.9. The average molecular weight is 709 g/mol. The number of aromatic nitrogens is 4. The molecule has 0 amide bonds. The van der Waals surface area contributed by atoms with E-state index in [1.807, 2.05) is 91.0 Å². The molecule has 0 atom stereocenters. The molecule has 9 aromatic rings. The Morgan fingerprint density at radius 2 is 0.963 bits per heavy atom. The summed E-state index contributed by atoms with van der Waals surface area (Å²) in [6.45, 7) is 2.07. The molecule has 0 fully saturated rings. The van der Waals surface area contributed by atoms with Crippen molar-refractivity contribution in [2.75, 3.05) is 0 Å². The van der Waals surface area contributed by atoms with Crippen LogP contribution < -0.4 is 0 Å². The van der Waals surface area contributed by atoms with Crippen molar-refractivity contribution in [1.29, 1.82) is 0 Å². The number of hydrogen-bond donors (Lipinski definition) is 0. The lowest BCUT2D eigenvalue weighted by Crippen LogP contribution is -2.05. The summed E-state index contributed by atoms with van der Waals surface area (Å²) in [5.74, 6) is 1.46. The van der Waals surface area contributed by atoms with Gasteiger partial charge in [-0.25, -0.2) is 15.0 Å². The van der Waals surface area contributed by atoms with E-state index in [0.29, 0.717) is 34.2 Å². The minimum absolute atomic E-state index is 0.440. The first-order chi connectivity index (χ1) is 26.3. The second kappa shape index (κ2) is 13.3. The Balaban J connectivity index is 1.33. The number of halogens is 3. The first kappa shape index (κ1) is 33.0. The van der Waals surface area contributed by atoms with Crippen molar-refractivity contribution in [1.82, 2.24) is 19.5 Å². The van der Waals surface area contributed by atoms with E-state index in [9.17, 15) is 13.2 Å². The van der Waals surface area contributed by atoms with Crippen LogP contribution in [0.25, 0.3) is 83.9 Å². The number of nitrogens with zero attached hydrogens (tertiary/aromatic N) is 4. The van der Waals surface area contributed by atoms with E-state index in [-0.39, 0.29) is 0 Å². The molecule has 0 saturated carbocycles. The van der Waals surface area contributed by atoms with E-state index in [1.54, 1.807) is 6.07 Å². The molecule has 0 spiro atoms. The lowest BCUT2D eigenvalue weighted by atomic mass is 9.99. The van der Waals surface area contributed by atoms with Crippen molar-refractivity contribution in [3.8, 4) is 62.1 Å². The Bertz CT molecular complexity index is 2750. The van der Waals surface area contributed by atoms with Gasteiger partial charge in [0.1, 0.15) is 0 Å². The van der Waals surface area contributed by atoms with E-state index >= 15 is 0 Å². The monoisotopic (exact) mass is 708 g/mol. The average Bonchev–Trinajstić information content (AvgIpc) is 3.55. The highest BCUT2D eigenvalue weighted by atomic mass is 19.4. The zero-order chi connectivity index (χ0) is 36.8. The molecule has 0 N–H and O–H groups in total. The molecule has 260 valence electrons. The third-order valence-corrected chi connectivity index (χ3v) is 9.76. The maximum absolute atomic E-state index is 13.9. The molecular weight excluding hydrogens is 678 g/mol. The molecule has 0 bridgehead atoms. The largest absolute Gasteiger partial charge is 0.416 e. The summed E-state index contributed by atoms with van der Waals surface area (Å²) in [5.41, 5.74) is 8.73. The van der Waals surface area contributed by atoms with Crippen molar-refractivity contribution in [2.24, 2.45) is 0 Å². The SMILES string of the molecule is Cc1ccc(-c2ccc3c(c2)c2ccccc2n3-c2cc(-c3cccc(C(F)(F)F)c3)ccc2-c2nc(-c3ccccc3)nc(-c3ccccc3)n2)cc1. The Kier molecular flexibility index (Phi) is 8.12. The van der Waals surface area contributed by atoms with Crippen molar-refractivity contribution in [3.05, 3.63) is 181 Å². The van der Waals surface area contributed by atoms with Crippen LogP contribution in [0.3, 0.4) is 0 Å². The second-order valence-electron chi connectivity index (χ2n) is 13.3. The molecule has 0 aliphatic heterocycles. The molecule has 7 heteroatoms. The predicted octanol–water partition coefficient (Wildman–Crippen LogP) is 12.6. The Morgan fingerprint density at radius 1 is 0.426 bits per heavy atom. The maximum Gasteiger partial charge on any atom is 0.416 e. The third-order valence-electron chi connectivity index (χ3n) is 9.76. The summed E-state index contributed by atoms with van der Waals surface area (Å²) >= 11 is 0. The van der Waals surface area contributed by atoms with Gasteiger partial charge in [-0.1, -0.05) is 133 Å². The number of fused-ring (bicyclic) bond motifs is 3. The van der Waals surface area contributed by atoms with Crippen LogP contribution in [0.5, 0.6) is 0 Å². The van der Waals surface area contributed by atoms with Gasteiger partial charge in [-0.15, -0.1) is 0 Å². The van der Waals surface area contributed by atoms with Gasteiger partial charge in [-0.3, -0.25) is 0 Å². The van der Waals surface area contributed by atoms with Gasteiger partial charge in [0.15, 0.2) is 17.5 Å². The molecule has 2 heterocycles.